The fourth-order valence-electron chi connectivity index (χ4n) is 1.64. The van der Waals surface area contributed by atoms with Crippen LogP contribution in [-0.4, -0.2) is 5.11 Å². The number of aromatic hydroxyl groups is 1. The lowest BCUT2D eigenvalue weighted by atomic mass is 9.98. The Morgan fingerprint density at radius 3 is 2.67 bits per heavy atom. The number of para-hydroxylation sites is 1. The summed E-state index contributed by atoms with van der Waals surface area (Å²) in [6.45, 7) is 0. The van der Waals surface area contributed by atoms with Crippen LogP contribution in [0.25, 0.3) is 5.57 Å². The minimum Gasteiger partial charge on any atom is -0.507 e. The van der Waals surface area contributed by atoms with E-state index in [1.165, 1.54) is 0 Å². The molecule has 1 aliphatic rings. The Morgan fingerprint density at radius 2 is 2.00 bits per heavy atom. The molecule has 1 aromatic rings. The zero-order chi connectivity index (χ0) is 10.8. The Kier molecular flexibility index (Phi) is 2.91. The van der Waals surface area contributed by atoms with E-state index in [4.69, 9.17) is 0 Å². The van der Waals surface area contributed by atoms with Gasteiger partial charge in [-0.25, -0.2) is 4.39 Å². The summed E-state index contributed by atoms with van der Waals surface area (Å²) in [6.07, 6.45) is 3.02. The highest BCUT2D eigenvalue weighted by Crippen LogP contribution is 2.39. The first-order valence-corrected chi connectivity index (χ1v) is 5.52. The minimum atomic E-state index is -0.269. The number of rotatable bonds is 1. The van der Waals surface area contributed by atoms with Crippen molar-refractivity contribution in [2.24, 2.45) is 0 Å². The molecule has 0 spiro atoms. The molecule has 78 valence electrons. The lowest BCUT2D eigenvalue weighted by Gasteiger charge is -2.14. The molecule has 0 atom stereocenters. The molecule has 0 saturated carbocycles. The van der Waals surface area contributed by atoms with Crippen molar-refractivity contribution in [2.75, 3.05) is 0 Å². The van der Waals surface area contributed by atoms with Gasteiger partial charge in [0.05, 0.1) is 0 Å². The number of allylic oxidation sites excluding steroid dienone is 4. The Bertz CT molecular complexity index is 449. The molecular weight excluding hydrogens is 259 g/mol. The molecule has 0 radical (unpaired) electrons. The quantitative estimate of drug-likeness (QED) is 0.812. The highest BCUT2D eigenvalue weighted by molar-refractivity contribution is 9.11. The number of halogens is 2. The summed E-state index contributed by atoms with van der Waals surface area (Å²) in [5.74, 6) is -0.162. The van der Waals surface area contributed by atoms with Crippen LogP contribution >= 0.6 is 15.9 Å². The molecule has 0 saturated heterocycles. The zero-order valence-corrected chi connectivity index (χ0v) is 9.59. The normalized spacial score (nSPS) is 16.5. The van der Waals surface area contributed by atoms with Crippen LogP contribution in [0.5, 0.6) is 5.75 Å². The smallest absolute Gasteiger partial charge is 0.128 e. The van der Waals surface area contributed by atoms with Crippen LogP contribution in [0.2, 0.25) is 0 Å². The second-order valence-corrected chi connectivity index (χ2v) is 4.35. The van der Waals surface area contributed by atoms with Gasteiger partial charge in [-0.15, -0.1) is 0 Å². The molecule has 3 heteroatoms. The van der Waals surface area contributed by atoms with Gasteiger partial charge in [-0.05, 0) is 25.0 Å². The standard InChI is InChI=1S/C12H10BrFO/c13-9-5-3-6-10(14)12(9)8-4-1-2-7-11(8)15/h1-2,4,6-7,15H,3,5H2. The van der Waals surface area contributed by atoms with Gasteiger partial charge in [0.15, 0.2) is 0 Å². The second kappa shape index (κ2) is 4.19. The lowest BCUT2D eigenvalue weighted by Crippen LogP contribution is -1.94. The fourth-order valence-corrected chi connectivity index (χ4v) is 2.27. The lowest BCUT2D eigenvalue weighted by molar-refractivity contribution is 0.473. The first kappa shape index (κ1) is 10.4. The van der Waals surface area contributed by atoms with Crippen LogP contribution in [0, 0.1) is 0 Å². The van der Waals surface area contributed by atoms with Gasteiger partial charge in [0, 0.05) is 15.6 Å². The van der Waals surface area contributed by atoms with Gasteiger partial charge in [0.25, 0.3) is 0 Å². The number of phenolic OH excluding ortho intramolecular Hbond substituents is 1. The summed E-state index contributed by atoms with van der Waals surface area (Å²) in [5, 5.41) is 9.65. The van der Waals surface area contributed by atoms with Crippen molar-refractivity contribution in [1.29, 1.82) is 0 Å². The Balaban J connectivity index is 2.55. The molecule has 0 bridgehead atoms. The molecule has 1 N–H and O–H groups in total. The maximum absolute atomic E-state index is 13.6. The van der Waals surface area contributed by atoms with Crippen molar-refractivity contribution in [3.63, 3.8) is 0 Å². The molecule has 1 aromatic carbocycles. The van der Waals surface area contributed by atoms with E-state index in [-0.39, 0.29) is 11.6 Å². The van der Waals surface area contributed by atoms with Crippen LogP contribution < -0.4 is 0 Å². The third-order valence-corrected chi connectivity index (χ3v) is 3.16. The monoisotopic (exact) mass is 268 g/mol. The van der Waals surface area contributed by atoms with Gasteiger partial charge in [-0.3, -0.25) is 0 Å². The van der Waals surface area contributed by atoms with Crippen molar-refractivity contribution < 1.29 is 9.50 Å². The predicted octanol–water partition coefficient (Wildman–Crippen LogP) is 4.15. The van der Waals surface area contributed by atoms with E-state index in [1.807, 2.05) is 0 Å². The topological polar surface area (TPSA) is 20.2 Å². The van der Waals surface area contributed by atoms with Crippen molar-refractivity contribution >= 4 is 21.5 Å². The third kappa shape index (κ3) is 1.97. The van der Waals surface area contributed by atoms with Gasteiger partial charge in [-0.1, -0.05) is 34.1 Å². The highest BCUT2D eigenvalue weighted by Gasteiger charge is 2.18. The largest absolute Gasteiger partial charge is 0.507 e. The molecule has 0 unspecified atom stereocenters. The molecule has 0 heterocycles. The molecule has 0 aromatic heterocycles. The SMILES string of the molecule is Oc1ccccc1C1=C(Br)CCC=C1F. The van der Waals surface area contributed by atoms with E-state index in [0.29, 0.717) is 17.6 Å². The highest BCUT2D eigenvalue weighted by atomic mass is 79.9. The average molecular weight is 269 g/mol. The van der Waals surface area contributed by atoms with Gasteiger partial charge in [0.1, 0.15) is 11.6 Å². The summed E-state index contributed by atoms with van der Waals surface area (Å²) in [5.41, 5.74) is 1.01. The Hall–Kier alpha value is -1.09. The number of hydrogen-bond acceptors (Lipinski definition) is 1. The molecule has 0 amide bonds. The molecule has 1 nitrogen and oxygen atoms in total. The van der Waals surface area contributed by atoms with E-state index in [1.54, 1.807) is 30.3 Å². The van der Waals surface area contributed by atoms with Crippen LogP contribution in [0.4, 0.5) is 4.39 Å². The van der Waals surface area contributed by atoms with Crippen LogP contribution in [0.15, 0.2) is 40.7 Å². The third-order valence-electron chi connectivity index (χ3n) is 2.37. The van der Waals surface area contributed by atoms with Crippen LogP contribution in [-0.2, 0) is 0 Å². The van der Waals surface area contributed by atoms with E-state index < -0.39 is 0 Å². The van der Waals surface area contributed by atoms with Crippen LogP contribution in [0.3, 0.4) is 0 Å². The van der Waals surface area contributed by atoms with Crippen molar-refractivity contribution in [1.82, 2.24) is 0 Å². The summed E-state index contributed by atoms with van der Waals surface area (Å²) in [6, 6.07) is 6.77. The van der Waals surface area contributed by atoms with Gasteiger partial charge in [-0.2, -0.15) is 0 Å². The Morgan fingerprint density at radius 1 is 1.27 bits per heavy atom. The van der Waals surface area contributed by atoms with Crippen molar-refractivity contribution in [3.05, 3.63) is 46.2 Å². The molecular formula is C12H10BrFO. The van der Waals surface area contributed by atoms with E-state index in [0.717, 1.165) is 10.9 Å². The van der Waals surface area contributed by atoms with E-state index in [9.17, 15) is 9.50 Å². The average Bonchev–Trinajstić information content (AvgIpc) is 2.20. The number of phenols is 1. The number of benzene rings is 1. The summed E-state index contributed by atoms with van der Waals surface area (Å²) < 4.78 is 14.4. The van der Waals surface area contributed by atoms with Crippen molar-refractivity contribution in [2.45, 2.75) is 12.8 Å². The molecule has 15 heavy (non-hydrogen) atoms. The summed E-state index contributed by atoms with van der Waals surface area (Å²) >= 11 is 3.35. The first-order chi connectivity index (χ1) is 7.20. The maximum atomic E-state index is 13.6. The summed E-state index contributed by atoms with van der Waals surface area (Å²) in [4.78, 5) is 0. The number of hydrogen-bond donors (Lipinski definition) is 1. The molecule has 2 rings (SSSR count). The molecule has 1 aliphatic carbocycles. The molecule has 0 aliphatic heterocycles. The fraction of sp³-hybridized carbons (Fsp3) is 0.167. The van der Waals surface area contributed by atoms with Gasteiger partial charge in [0.2, 0.25) is 0 Å². The van der Waals surface area contributed by atoms with Gasteiger partial charge >= 0.3 is 0 Å². The maximum Gasteiger partial charge on any atom is 0.128 e. The van der Waals surface area contributed by atoms with Crippen LogP contribution in [0.1, 0.15) is 18.4 Å². The Labute approximate surface area is 96.1 Å². The predicted molar refractivity (Wildman–Crippen MR) is 62.4 cm³/mol. The van der Waals surface area contributed by atoms with E-state index >= 15 is 0 Å². The van der Waals surface area contributed by atoms with Crippen molar-refractivity contribution in [3.8, 4) is 5.75 Å². The summed E-state index contributed by atoms with van der Waals surface area (Å²) in [7, 11) is 0. The minimum absolute atomic E-state index is 0.106. The van der Waals surface area contributed by atoms with E-state index in [2.05, 4.69) is 15.9 Å². The molecule has 0 fully saturated rings. The first-order valence-electron chi connectivity index (χ1n) is 4.73. The zero-order valence-electron chi connectivity index (χ0n) is 8.00. The van der Waals surface area contributed by atoms with Gasteiger partial charge < -0.3 is 5.11 Å². The second-order valence-electron chi connectivity index (χ2n) is 3.39.